The maximum absolute atomic E-state index is 6.21. The van der Waals surface area contributed by atoms with Crippen LogP contribution in [-0.2, 0) is 17.7 Å². The van der Waals surface area contributed by atoms with Crippen molar-refractivity contribution in [3.8, 4) is 0 Å². The molecule has 1 heterocycles. The highest BCUT2D eigenvalue weighted by atomic mass is 28.4. The van der Waals surface area contributed by atoms with E-state index in [2.05, 4.69) is 13.5 Å². The van der Waals surface area contributed by atoms with Crippen LogP contribution in [0.25, 0.3) is 0 Å². The summed E-state index contributed by atoms with van der Waals surface area (Å²) in [6, 6.07) is 1.19. The average molecular weight is 307 g/mol. The van der Waals surface area contributed by atoms with Crippen LogP contribution in [0.5, 0.6) is 0 Å². The van der Waals surface area contributed by atoms with Gasteiger partial charge in [-0.3, -0.25) is 0 Å². The minimum absolute atomic E-state index is 0.292. The molecular weight excluding hydrogens is 276 g/mol. The van der Waals surface area contributed by atoms with Gasteiger partial charge in [-0.05, 0) is 39.8 Å². The van der Waals surface area contributed by atoms with Crippen LogP contribution in [0.4, 0.5) is 0 Å². The van der Waals surface area contributed by atoms with Crippen LogP contribution >= 0.6 is 0 Å². The van der Waals surface area contributed by atoms with Crippen molar-refractivity contribution in [2.75, 3.05) is 26.4 Å². The fourth-order valence-electron chi connectivity index (χ4n) is 2.77. The summed E-state index contributed by atoms with van der Waals surface area (Å²) in [5.74, 6) is 0. The Kier molecular flexibility index (Phi) is 7.20. The fourth-order valence-corrected chi connectivity index (χ4v) is 11.8. The van der Waals surface area contributed by atoms with Gasteiger partial charge in [0.05, 0.1) is 0 Å². The van der Waals surface area contributed by atoms with Gasteiger partial charge in [-0.1, -0.05) is 13.3 Å². The summed E-state index contributed by atoms with van der Waals surface area (Å²) in [6.45, 7) is 13.4. The fraction of sp³-hybridized carbons (Fsp3) is 1.00. The molecule has 0 bridgehead atoms. The molecule has 0 spiro atoms. The zero-order valence-electron chi connectivity index (χ0n) is 13.2. The van der Waals surface area contributed by atoms with Gasteiger partial charge in [0, 0.05) is 31.6 Å². The standard InChI is InChI=1S/C13H30O4Si2/c1-6-14-19(15-7-2,16-8-3)13(4)18(5)12-10-9-11-17-18/h13H,6-12H2,1-5H3. The minimum Gasteiger partial charge on any atom is -0.417 e. The zero-order chi connectivity index (χ0) is 14.4. The molecule has 1 fully saturated rings. The van der Waals surface area contributed by atoms with Crippen molar-refractivity contribution in [2.45, 2.75) is 58.3 Å². The summed E-state index contributed by atoms with van der Waals surface area (Å²) in [7, 11) is -4.42. The second-order valence-electron chi connectivity index (χ2n) is 5.24. The SMILES string of the molecule is CCO[Si](OCC)(OCC)C(C)[Si]1(C)CCCCO1. The molecule has 1 aliphatic heterocycles. The Morgan fingerprint density at radius 2 is 1.58 bits per heavy atom. The lowest BCUT2D eigenvalue weighted by Gasteiger charge is -2.43. The average Bonchev–Trinajstić information content (AvgIpc) is 2.39. The van der Waals surface area contributed by atoms with Crippen LogP contribution in [0.2, 0.25) is 17.8 Å². The van der Waals surface area contributed by atoms with E-state index in [1.807, 2.05) is 20.8 Å². The third-order valence-electron chi connectivity index (χ3n) is 3.98. The van der Waals surface area contributed by atoms with E-state index in [0.717, 1.165) is 6.61 Å². The van der Waals surface area contributed by atoms with Crippen molar-refractivity contribution >= 4 is 17.1 Å². The van der Waals surface area contributed by atoms with Gasteiger partial charge in [0.25, 0.3) is 0 Å². The maximum Gasteiger partial charge on any atom is 0.503 e. The Morgan fingerprint density at radius 3 is 1.95 bits per heavy atom. The molecule has 1 aliphatic rings. The van der Waals surface area contributed by atoms with Gasteiger partial charge in [-0.15, -0.1) is 0 Å². The van der Waals surface area contributed by atoms with Gasteiger partial charge in [0.15, 0.2) is 8.32 Å². The monoisotopic (exact) mass is 306 g/mol. The van der Waals surface area contributed by atoms with Crippen molar-refractivity contribution in [1.29, 1.82) is 0 Å². The summed E-state index contributed by atoms with van der Waals surface area (Å²) in [4.78, 5) is 0. The maximum atomic E-state index is 6.21. The molecule has 2 atom stereocenters. The van der Waals surface area contributed by atoms with Crippen molar-refractivity contribution in [2.24, 2.45) is 0 Å². The molecule has 0 aromatic carbocycles. The Morgan fingerprint density at radius 1 is 1.05 bits per heavy atom. The summed E-state index contributed by atoms with van der Waals surface area (Å²) >= 11 is 0. The van der Waals surface area contributed by atoms with Gasteiger partial charge in [0.2, 0.25) is 0 Å². The highest BCUT2D eigenvalue weighted by molar-refractivity contribution is 6.88. The summed E-state index contributed by atoms with van der Waals surface area (Å²) in [6.07, 6.45) is 2.45. The van der Waals surface area contributed by atoms with E-state index >= 15 is 0 Å². The predicted molar refractivity (Wildman–Crippen MR) is 81.7 cm³/mol. The minimum atomic E-state index is -2.62. The second kappa shape index (κ2) is 7.90. The van der Waals surface area contributed by atoms with E-state index in [1.54, 1.807) is 0 Å². The van der Waals surface area contributed by atoms with E-state index in [0.29, 0.717) is 25.0 Å². The molecule has 1 saturated heterocycles. The normalized spacial score (nSPS) is 26.4. The molecule has 1 rings (SSSR count). The first-order valence-electron chi connectivity index (χ1n) is 7.60. The zero-order valence-corrected chi connectivity index (χ0v) is 15.2. The molecule has 0 amide bonds. The molecule has 2 unspecified atom stereocenters. The molecule has 0 aromatic rings. The Balaban J connectivity index is 2.92. The lowest BCUT2D eigenvalue weighted by atomic mass is 10.4. The number of hydrogen-bond acceptors (Lipinski definition) is 4. The molecule has 0 radical (unpaired) electrons. The van der Waals surface area contributed by atoms with Crippen LogP contribution in [0, 0.1) is 0 Å². The van der Waals surface area contributed by atoms with Crippen LogP contribution in [0.1, 0.15) is 40.5 Å². The largest absolute Gasteiger partial charge is 0.503 e. The van der Waals surface area contributed by atoms with Gasteiger partial charge in [0.1, 0.15) is 0 Å². The molecule has 0 N–H and O–H groups in total. The number of rotatable bonds is 8. The summed E-state index contributed by atoms with van der Waals surface area (Å²) in [5.41, 5.74) is 0. The topological polar surface area (TPSA) is 36.9 Å². The van der Waals surface area contributed by atoms with Crippen molar-refractivity contribution in [3.63, 3.8) is 0 Å². The van der Waals surface area contributed by atoms with Crippen LogP contribution in [0.3, 0.4) is 0 Å². The highest BCUT2D eigenvalue weighted by Crippen LogP contribution is 2.40. The third-order valence-corrected chi connectivity index (χ3v) is 14.1. The molecule has 0 aliphatic carbocycles. The Hall–Kier alpha value is 0.274. The first kappa shape index (κ1) is 17.3. The summed E-state index contributed by atoms with van der Waals surface area (Å²) in [5, 5.41) is 0.292. The van der Waals surface area contributed by atoms with Gasteiger partial charge in [-0.25, -0.2) is 0 Å². The first-order valence-corrected chi connectivity index (χ1v) is 12.1. The van der Waals surface area contributed by atoms with Crippen LogP contribution in [-0.4, -0.2) is 43.5 Å². The first-order chi connectivity index (χ1) is 9.04. The second-order valence-corrected chi connectivity index (χ2v) is 13.0. The van der Waals surface area contributed by atoms with Crippen LogP contribution < -0.4 is 0 Å². The molecule has 19 heavy (non-hydrogen) atoms. The van der Waals surface area contributed by atoms with E-state index in [4.69, 9.17) is 17.7 Å². The lowest BCUT2D eigenvalue weighted by molar-refractivity contribution is 0.0659. The Labute approximate surface area is 120 Å². The quantitative estimate of drug-likeness (QED) is 0.644. The number of hydrogen-bond donors (Lipinski definition) is 0. The van der Waals surface area contributed by atoms with Crippen molar-refractivity contribution in [3.05, 3.63) is 0 Å². The van der Waals surface area contributed by atoms with Crippen LogP contribution in [0.15, 0.2) is 0 Å². The van der Waals surface area contributed by atoms with E-state index in [9.17, 15) is 0 Å². The molecular formula is C13H30O4Si2. The Bertz CT molecular complexity index is 240. The van der Waals surface area contributed by atoms with E-state index < -0.39 is 17.1 Å². The smallest absolute Gasteiger partial charge is 0.417 e. The van der Waals surface area contributed by atoms with Gasteiger partial charge in [-0.2, -0.15) is 0 Å². The molecule has 0 saturated carbocycles. The molecule has 4 nitrogen and oxygen atoms in total. The molecule has 0 aromatic heterocycles. The molecule has 6 heteroatoms. The predicted octanol–water partition coefficient (Wildman–Crippen LogP) is 3.35. The van der Waals surface area contributed by atoms with Crippen molar-refractivity contribution in [1.82, 2.24) is 0 Å². The lowest BCUT2D eigenvalue weighted by Crippen LogP contribution is -2.59. The highest BCUT2D eigenvalue weighted by Gasteiger charge is 2.57. The van der Waals surface area contributed by atoms with Crippen molar-refractivity contribution < 1.29 is 17.7 Å². The van der Waals surface area contributed by atoms with Gasteiger partial charge >= 0.3 is 8.80 Å². The van der Waals surface area contributed by atoms with E-state index in [-0.39, 0.29) is 0 Å². The third kappa shape index (κ3) is 4.12. The van der Waals surface area contributed by atoms with E-state index in [1.165, 1.54) is 18.9 Å². The molecule has 114 valence electrons. The van der Waals surface area contributed by atoms with Gasteiger partial charge < -0.3 is 17.7 Å². The summed E-state index contributed by atoms with van der Waals surface area (Å²) < 4.78 is 24.3.